The van der Waals surface area contributed by atoms with Crippen molar-refractivity contribution in [2.45, 2.75) is 26.2 Å². The Hall–Kier alpha value is -1.90. The lowest BCUT2D eigenvalue weighted by atomic mass is 9.85. The quantitative estimate of drug-likeness (QED) is 0.621. The molecule has 1 aliphatic heterocycles. The number of imide groups is 1. The van der Waals surface area contributed by atoms with Crippen LogP contribution < -0.4 is 4.90 Å². The fourth-order valence-electron chi connectivity index (χ4n) is 5.21. The minimum absolute atomic E-state index is 0.0300. The molecular weight excluding hydrogens is 274 g/mol. The van der Waals surface area contributed by atoms with Gasteiger partial charge in [0.05, 0.1) is 17.5 Å². The van der Waals surface area contributed by atoms with Gasteiger partial charge in [-0.1, -0.05) is 31.2 Å². The van der Waals surface area contributed by atoms with E-state index in [1.807, 2.05) is 24.3 Å². The first-order valence-corrected chi connectivity index (χ1v) is 8.32. The van der Waals surface area contributed by atoms with Crippen LogP contribution in [0.5, 0.6) is 0 Å². The fourth-order valence-corrected chi connectivity index (χ4v) is 5.21. The summed E-state index contributed by atoms with van der Waals surface area (Å²) in [4.78, 5) is 27.3. The molecule has 3 heteroatoms. The molecule has 22 heavy (non-hydrogen) atoms. The summed E-state index contributed by atoms with van der Waals surface area (Å²) >= 11 is 0. The summed E-state index contributed by atoms with van der Waals surface area (Å²) in [6, 6.07) is 7.86. The van der Waals surface area contributed by atoms with Crippen molar-refractivity contribution in [2.75, 3.05) is 4.90 Å². The third-order valence-electron chi connectivity index (χ3n) is 6.46. The zero-order chi connectivity index (χ0) is 15.1. The summed E-state index contributed by atoms with van der Waals surface area (Å²) in [5.74, 6) is 0.467. The van der Waals surface area contributed by atoms with E-state index in [-0.39, 0.29) is 29.1 Å². The molecule has 2 amide bonds. The van der Waals surface area contributed by atoms with Gasteiger partial charge in [0, 0.05) is 0 Å². The van der Waals surface area contributed by atoms with Crippen LogP contribution in [0.4, 0.5) is 5.69 Å². The molecule has 3 fully saturated rings. The smallest absolute Gasteiger partial charge is 0.238 e. The highest BCUT2D eigenvalue weighted by Crippen LogP contribution is 2.73. The number of rotatable bonds is 2. The minimum atomic E-state index is -0.101. The van der Waals surface area contributed by atoms with E-state index < -0.39 is 0 Å². The SMILES string of the molecule is CCc1ccc(N2C(=O)[C@@H]3[C@@H](C2=O)[C@@H]2C=C[C@H]3C23CC3)cc1. The van der Waals surface area contributed by atoms with Gasteiger partial charge < -0.3 is 0 Å². The average Bonchev–Trinajstić information content (AvgIpc) is 3.13. The number of nitrogens with zero attached hydrogens (tertiary/aromatic N) is 1. The van der Waals surface area contributed by atoms with Crippen LogP contribution in [-0.2, 0) is 16.0 Å². The normalized spacial score (nSPS) is 36.5. The number of allylic oxidation sites excluding steroid dienone is 2. The largest absolute Gasteiger partial charge is 0.274 e. The van der Waals surface area contributed by atoms with Crippen LogP contribution in [-0.4, -0.2) is 11.8 Å². The Bertz CT molecular complexity index is 679. The topological polar surface area (TPSA) is 37.4 Å². The molecule has 1 saturated heterocycles. The zero-order valence-electron chi connectivity index (χ0n) is 12.7. The van der Waals surface area contributed by atoms with E-state index in [0.29, 0.717) is 11.8 Å². The molecule has 2 bridgehead atoms. The number of carbonyl (C=O) groups excluding carboxylic acids is 2. The van der Waals surface area contributed by atoms with E-state index in [2.05, 4.69) is 19.1 Å². The molecule has 1 aromatic carbocycles. The maximum absolute atomic E-state index is 12.9. The third-order valence-corrected chi connectivity index (χ3v) is 6.46. The number of benzene rings is 1. The number of amides is 2. The summed E-state index contributed by atoms with van der Waals surface area (Å²) in [7, 11) is 0. The lowest BCUT2D eigenvalue weighted by molar-refractivity contribution is -0.123. The molecule has 2 saturated carbocycles. The van der Waals surface area contributed by atoms with E-state index >= 15 is 0 Å². The Balaban J connectivity index is 1.53. The molecule has 3 aliphatic carbocycles. The third kappa shape index (κ3) is 1.29. The molecule has 1 heterocycles. The first kappa shape index (κ1) is 12.6. The highest BCUT2D eigenvalue weighted by atomic mass is 16.2. The molecule has 1 aromatic rings. The van der Waals surface area contributed by atoms with Crippen molar-refractivity contribution >= 4 is 17.5 Å². The van der Waals surface area contributed by atoms with E-state index in [1.165, 1.54) is 23.3 Å². The minimum Gasteiger partial charge on any atom is -0.274 e. The van der Waals surface area contributed by atoms with Crippen molar-refractivity contribution in [2.24, 2.45) is 29.1 Å². The molecule has 5 rings (SSSR count). The number of carbonyl (C=O) groups is 2. The number of fused-ring (bicyclic) bond motifs is 3. The van der Waals surface area contributed by atoms with Crippen molar-refractivity contribution in [3.63, 3.8) is 0 Å². The van der Waals surface area contributed by atoms with Crippen molar-refractivity contribution in [3.8, 4) is 0 Å². The lowest BCUT2D eigenvalue weighted by Gasteiger charge is -2.21. The van der Waals surface area contributed by atoms with Gasteiger partial charge in [0.1, 0.15) is 0 Å². The number of hydrogen-bond donors (Lipinski definition) is 0. The molecule has 4 aliphatic rings. The molecule has 0 radical (unpaired) electrons. The molecule has 0 N–H and O–H groups in total. The molecule has 3 nitrogen and oxygen atoms in total. The van der Waals surface area contributed by atoms with Gasteiger partial charge in [0.15, 0.2) is 0 Å². The molecular formula is C19H19NO2. The van der Waals surface area contributed by atoms with Crippen molar-refractivity contribution in [1.82, 2.24) is 0 Å². The van der Waals surface area contributed by atoms with Crippen molar-refractivity contribution in [3.05, 3.63) is 42.0 Å². The summed E-state index contributed by atoms with van der Waals surface area (Å²) < 4.78 is 0. The van der Waals surface area contributed by atoms with Gasteiger partial charge in [-0.05, 0) is 54.2 Å². The maximum Gasteiger partial charge on any atom is 0.238 e. The van der Waals surface area contributed by atoms with Gasteiger partial charge in [0.2, 0.25) is 11.8 Å². The highest BCUT2D eigenvalue weighted by molar-refractivity contribution is 6.23. The first-order chi connectivity index (χ1) is 10.7. The molecule has 0 unspecified atom stereocenters. The number of hydrogen-bond acceptors (Lipinski definition) is 2. The van der Waals surface area contributed by atoms with Crippen molar-refractivity contribution in [1.29, 1.82) is 0 Å². The number of anilines is 1. The summed E-state index contributed by atoms with van der Waals surface area (Å²) in [6.45, 7) is 2.10. The Morgan fingerprint density at radius 1 is 1.00 bits per heavy atom. The Kier molecular flexibility index (Phi) is 2.23. The predicted molar refractivity (Wildman–Crippen MR) is 83.1 cm³/mol. The predicted octanol–water partition coefficient (Wildman–Crippen LogP) is 2.95. The second-order valence-electron chi connectivity index (χ2n) is 7.25. The molecule has 0 aromatic heterocycles. The fraction of sp³-hybridized carbons (Fsp3) is 0.474. The Labute approximate surface area is 130 Å². The number of aryl methyl sites for hydroxylation is 1. The lowest BCUT2D eigenvalue weighted by Crippen LogP contribution is -2.34. The van der Waals surface area contributed by atoms with Gasteiger partial charge in [0.25, 0.3) is 0 Å². The highest BCUT2D eigenvalue weighted by Gasteiger charge is 2.73. The van der Waals surface area contributed by atoms with Gasteiger partial charge in [-0.3, -0.25) is 14.5 Å². The van der Waals surface area contributed by atoms with Gasteiger partial charge in [-0.2, -0.15) is 0 Å². The van der Waals surface area contributed by atoms with E-state index in [4.69, 9.17) is 0 Å². The van der Waals surface area contributed by atoms with Crippen LogP contribution in [0.15, 0.2) is 36.4 Å². The monoisotopic (exact) mass is 293 g/mol. The standard InChI is InChI=1S/C19H19NO2/c1-2-11-3-5-12(6-4-11)20-17(21)15-13-7-8-14(16(15)18(20)22)19(13)9-10-19/h3-8,13-16H,2,9-10H2,1H3/t13-,14+,15-,16-/m0/s1. The summed E-state index contributed by atoms with van der Waals surface area (Å²) in [5.41, 5.74) is 2.24. The Morgan fingerprint density at radius 2 is 1.55 bits per heavy atom. The van der Waals surface area contributed by atoms with E-state index in [1.54, 1.807) is 0 Å². The maximum atomic E-state index is 12.9. The first-order valence-electron chi connectivity index (χ1n) is 8.32. The molecule has 4 atom stereocenters. The zero-order valence-corrected chi connectivity index (χ0v) is 12.7. The van der Waals surface area contributed by atoms with Crippen LogP contribution in [0.25, 0.3) is 0 Å². The van der Waals surface area contributed by atoms with Crippen LogP contribution in [0.3, 0.4) is 0 Å². The van der Waals surface area contributed by atoms with Crippen LogP contribution in [0.2, 0.25) is 0 Å². The second-order valence-corrected chi connectivity index (χ2v) is 7.25. The Morgan fingerprint density at radius 3 is 2.00 bits per heavy atom. The van der Waals surface area contributed by atoms with Crippen LogP contribution >= 0.6 is 0 Å². The second kappa shape index (κ2) is 3.89. The molecule has 1 spiro atoms. The van der Waals surface area contributed by atoms with Crippen LogP contribution in [0, 0.1) is 29.1 Å². The van der Waals surface area contributed by atoms with Gasteiger partial charge >= 0.3 is 0 Å². The van der Waals surface area contributed by atoms with Crippen molar-refractivity contribution < 1.29 is 9.59 Å². The van der Waals surface area contributed by atoms with E-state index in [0.717, 1.165) is 12.1 Å². The van der Waals surface area contributed by atoms with Gasteiger partial charge in [-0.25, -0.2) is 0 Å². The summed E-state index contributed by atoms with van der Waals surface area (Å²) in [5, 5.41) is 0. The van der Waals surface area contributed by atoms with Crippen LogP contribution in [0.1, 0.15) is 25.3 Å². The average molecular weight is 293 g/mol. The summed E-state index contributed by atoms with van der Waals surface area (Å²) in [6.07, 6.45) is 7.77. The van der Waals surface area contributed by atoms with Gasteiger partial charge in [-0.15, -0.1) is 0 Å². The van der Waals surface area contributed by atoms with E-state index in [9.17, 15) is 9.59 Å². The molecule has 112 valence electrons.